The van der Waals surface area contributed by atoms with Crippen LogP contribution in [0.25, 0.3) is 0 Å². The molecule has 100 valence electrons. The van der Waals surface area contributed by atoms with E-state index < -0.39 is 30.2 Å². The lowest BCUT2D eigenvalue weighted by Crippen LogP contribution is -2.23. The largest absolute Gasteiger partial charge is 0.481 e. The molecule has 0 saturated carbocycles. The molecule has 10 heteroatoms. The van der Waals surface area contributed by atoms with Gasteiger partial charge in [-0.05, 0) is 6.42 Å². The van der Waals surface area contributed by atoms with E-state index in [2.05, 4.69) is 0 Å². The predicted molar refractivity (Wildman–Crippen MR) is 65.3 cm³/mol. The lowest BCUT2D eigenvalue weighted by atomic mass is 10.2. The summed E-state index contributed by atoms with van der Waals surface area (Å²) in [4.78, 5) is 21.1. The molecule has 0 aromatic rings. The van der Waals surface area contributed by atoms with Crippen LogP contribution in [-0.4, -0.2) is 38.6 Å². The van der Waals surface area contributed by atoms with Crippen molar-refractivity contribution in [3.05, 3.63) is 0 Å². The van der Waals surface area contributed by atoms with Crippen LogP contribution in [0.4, 0.5) is 0 Å². The second-order valence-electron chi connectivity index (χ2n) is 2.81. The Kier molecular flexibility index (Phi) is 7.89. The average Bonchev–Trinajstić information content (AvgIpc) is 2.24. The maximum absolute atomic E-state index is 11.8. The van der Waals surface area contributed by atoms with Crippen molar-refractivity contribution in [2.75, 3.05) is 5.75 Å². The van der Waals surface area contributed by atoms with Crippen molar-refractivity contribution in [2.45, 2.75) is 25.9 Å². The van der Waals surface area contributed by atoms with E-state index in [9.17, 15) is 14.2 Å². The van der Waals surface area contributed by atoms with Gasteiger partial charge in [0.05, 0.1) is 11.7 Å². The van der Waals surface area contributed by atoms with Crippen LogP contribution >= 0.6 is 28.8 Å². The molecule has 0 fully saturated rings. The molecule has 7 nitrogen and oxygen atoms in total. The second kappa shape index (κ2) is 7.99. The molecular formula is C7H13O7PS2. The van der Waals surface area contributed by atoms with Crippen LogP contribution in [0, 0.1) is 0 Å². The van der Waals surface area contributed by atoms with E-state index in [0.717, 1.165) is 11.4 Å². The summed E-state index contributed by atoms with van der Waals surface area (Å²) >= 11 is 0.757. The SMILES string of the molecule is CCSP(=O)(OC(CCC(=O)O)C(=O)O)SO. The van der Waals surface area contributed by atoms with Crippen LogP contribution in [0.5, 0.6) is 0 Å². The number of carbonyl (C=O) groups is 2. The van der Waals surface area contributed by atoms with Gasteiger partial charge in [0.15, 0.2) is 6.10 Å². The predicted octanol–water partition coefficient (Wildman–Crippen LogP) is 2.39. The van der Waals surface area contributed by atoms with Gasteiger partial charge in [-0.2, -0.15) is 0 Å². The van der Waals surface area contributed by atoms with Crippen molar-refractivity contribution in [3.63, 3.8) is 0 Å². The average molecular weight is 304 g/mol. The standard InChI is InChI=1S/C7H13O7PS2/c1-2-16-15(12,17-13)14-5(7(10)11)3-4-6(8)9/h5,13H,2-4H2,1H3,(H,8,9)(H,10,11). The normalized spacial score (nSPS) is 16.1. The molecule has 0 aromatic heterocycles. The van der Waals surface area contributed by atoms with Gasteiger partial charge >= 0.3 is 17.7 Å². The van der Waals surface area contributed by atoms with Crippen LogP contribution in [0.3, 0.4) is 0 Å². The molecule has 0 heterocycles. The zero-order valence-corrected chi connectivity index (χ0v) is 11.5. The van der Waals surface area contributed by atoms with Gasteiger partial charge in [-0.15, -0.1) is 0 Å². The van der Waals surface area contributed by atoms with Gasteiger partial charge in [-0.25, -0.2) is 4.79 Å². The number of hydrogen-bond donors (Lipinski definition) is 3. The molecule has 3 N–H and O–H groups in total. The Labute approximate surface area is 106 Å². The Morgan fingerprint density at radius 2 is 2.00 bits per heavy atom. The lowest BCUT2D eigenvalue weighted by molar-refractivity contribution is -0.146. The van der Waals surface area contributed by atoms with Crippen molar-refractivity contribution < 1.29 is 33.4 Å². The summed E-state index contributed by atoms with van der Waals surface area (Å²) in [7, 11) is 0. The molecule has 0 aliphatic carbocycles. The third-order valence-corrected chi connectivity index (χ3v) is 7.21. The summed E-state index contributed by atoms with van der Waals surface area (Å²) in [5, 5.41) is 17.2. The highest BCUT2D eigenvalue weighted by Crippen LogP contribution is 2.69. The van der Waals surface area contributed by atoms with Crippen molar-refractivity contribution in [3.8, 4) is 0 Å². The Hall–Kier alpha value is -0.210. The molecule has 2 unspecified atom stereocenters. The van der Waals surface area contributed by atoms with Crippen molar-refractivity contribution >= 4 is 40.8 Å². The summed E-state index contributed by atoms with van der Waals surface area (Å²) in [6.45, 7) is 1.67. The summed E-state index contributed by atoms with van der Waals surface area (Å²) in [5.41, 5.74) is 0. The quantitative estimate of drug-likeness (QED) is 0.435. The number of aliphatic carboxylic acids is 2. The fourth-order valence-electron chi connectivity index (χ4n) is 0.863. The van der Waals surface area contributed by atoms with Gasteiger partial charge in [-0.1, -0.05) is 18.3 Å². The third-order valence-electron chi connectivity index (χ3n) is 1.54. The van der Waals surface area contributed by atoms with Crippen molar-refractivity contribution in [1.29, 1.82) is 0 Å². The second-order valence-corrected chi connectivity index (χ2v) is 9.76. The maximum atomic E-state index is 11.8. The van der Waals surface area contributed by atoms with Crippen molar-refractivity contribution in [2.24, 2.45) is 0 Å². The molecule has 17 heavy (non-hydrogen) atoms. The highest BCUT2D eigenvalue weighted by atomic mass is 33.1. The molecule has 0 bridgehead atoms. The van der Waals surface area contributed by atoms with E-state index in [4.69, 9.17) is 19.3 Å². The lowest BCUT2D eigenvalue weighted by Gasteiger charge is -2.18. The smallest absolute Gasteiger partial charge is 0.339 e. The monoisotopic (exact) mass is 304 g/mol. The van der Waals surface area contributed by atoms with Crippen LogP contribution in [-0.2, 0) is 18.7 Å². The Morgan fingerprint density at radius 1 is 1.41 bits per heavy atom. The fraction of sp³-hybridized carbons (Fsp3) is 0.714. The van der Waals surface area contributed by atoms with E-state index >= 15 is 0 Å². The molecule has 0 aromatic carbocycles. The highest BCUT2D eigenvalue weighted by Gasteiger charge is 2.32. The van der Waals surface area contributed by atoms with E-state index in [1.54, 1.807) is 6.92 Å². The molecule has 0 amide bonds. The minimum Gasteiger partial charge on any atom is -0.481 e. The van der Waals surface area contributed by atoms with Crippen molar-refractivity contribution in [1.82, 2.24) is 0 Å². The highest BCUT2D eigenvalue weighted by molar-refractivity contribution is 8.87. The summed E-state index contributed by atoms with van der Waals surface area (Å²) in [5.74, 6) is -5.76. The molecule has 0 rings (SSSR count). The van der Waals surface area contributed by atoms with E-state index in [1.165, 1.54) is 0 Å². The zero-order chi connectivity index (χ0) is 13.5. The van der Waals surface area contributed by atoms with Gasteiger partial charge in [0.2, 0.25) is 0 Å². The molecule has 0 aliphatic rings. The van der Waals surface area contributed by atoms with Gasteiger partial charge in [0.25, 0.3) is 0 Å². The van der Waals surface area contributed by atoms with Crippen LogP contribution in [0.1, 0.15) is 19.8 Å². The maximum Gasteiger partial charge on any atom is 0.339 e. The van der Waals surface area contributed by atoms with Crippen LogP contribution < -0.4 is 0 Å². The first-order chi connectivity index (χ1) is 7.84. The first-order valence-corrected chi connectivity index (χ1v) is 9.14. The summed E-state index contributed by atoms with van der Waals surface area (Å²) in [6, 6.07) is 0. The topological polar surface area (TPSA) is 121 Å². The Morgan fingerprint density at radius 3 is 2.35 bits per heavy atom. The molecule has 0 spiro atoms. The molecule has 0 aliphatic heterocycles. The Bertz CT molecular complexity index is 321. The van der Waals surface area contributed by atoms with Crippen LogP contribution in [0.15, 0.2) is 0 Å². The molecular weight excluding hydrogens is 291 g/mol. The zero-order valence-electron chi connectivity index (χ0n) is 8.94. The fourth-order valence-corrected chi connectivity index (χ4v) is 5.22. The summed E-state index contributed by atoms with van der Waals surface area (Å²) in [6.07, 6.45) is -2.22. The van der Waals surface area contributed by atoms with E-state index in [0.29, 0.717) is 5.75 Å². The number of hydrogen-bond acceptors (Lipinski definition) is 7. The third kappa shape index (κ3) is 6.95. The van der Waals surface area contributed by atoms with Crippen LogP contribution in [0.2, 0.25) is 0 Å². The minimum absolute atomic E-state index is 0.0377. The van der Waals surface area contributed by atoms with E-state index in [-0.39, 0.29) is 18.1 Å². The summed E-state index contributed by atoms with van der Waals surface area (Å²) < 4.78 is 25.4. The molecule has 0 radical (unpaired) electrons. The molecule has 0 saturated heterocycles. The minimum atomic E-state index is -3.56. The number of carboxylic acids is 2. The van der Waals surface area contributed by atoms with E-state index in [1.807, 2.05) is 0 Å². The van der Waals surface area contributed by atoms with Gasteiger partial charge in [-0.3, -0.25) is 13.9 Å². The number of carboxylic acid groups (broad SMARTS) is 2. The van der Waals surface area contributed by atoms with Gasteiger partial charge in [0.1, 0.15) is 0 Å². The van der Waals surface area contributed by atoms with Gasteiger partial charge < -0.3 is 14.8 Å². The first-order valence-electron chi connectivity index (χ1n) is 4.55. The Balaban J connectivity index is 4.56. The molecule has 2 atom stereocenters. The number of rotatable bonds is 9. The first kappa shape index (κ1) is 16.8. The van der Waals surface area contributed by atoms with Gasteiger partial charge in [0, 0.05) is 12.2 Å².